The van der Waals surface area contributed by atoms with Crippen LogP contribution in [0.4, 0.5) is 0 Å². The molecule has 3 unspecified atom stereocenters. The molecular formula is C25H30ClNO6. The van der Waals surface area contributed by atoms with Gasteiger partial charge in [0.2, 0.25) is 0 Å². The molecule has 0 saturated carbocycles. The van der Waals surface area contributed by atoms with Crippen molar-refractivity contribution in [3.05, 3.63) is 57.4 Å². The molecule has 1 aromatic rings. The number of nitrogens with one attached hydrogen (secondary N) is 1. The molecule has 3 atom stereocenters. The number of esters is 2. The van der Waals surface area contributed by atoms with E-state index in [1.54, 1.807) is 31.2 Å². The van der Waals surface area contributed by atoms with Gasteiger partial charge in [0.15, 0.2) is 5.78 Å². The second kappa shape index (κ2) is 10.5. The number of hydrogen-bond acceptors (Lipinski definition) is 7. The molecule has 0 fully saturated rings. The molecule has 1 aliphatic heterocycles. The average Bonchev–Trinajstić information content (AvgIpc) is 2.75. The maximum absolute atomic E-state index is 13.6. The zero-order valence-corrected chi connectivity index (χ0v) is 20.3. The van der Waals surface area contributed by atoms with Gasteiger partial charge in [0.25, 0.3) is 0 Å². The lowest BCUT2D eigenvalue weighted by Gasteiger charge is -2.38. The van der Waals surface area contributed by atoms with Crippen LogP contribution in [-0.2, 0) is 28.6 Å². The minimum absolute atomic E-state index is 0.0210. The van der Waals surface area contributed by atoms with Gasteiger partial charge in [0.05, 0.1) is 25.4 Å². The summed E-state index contributed by atoms with van der Waals surface area (Å²) in [7, 11) is 1.27. The summed E-state index contributed by atoms with van der Waals surface area (Å²) in [6, 6.07) is 6.98. The van der Waals surface area contributed by atoms with E-state index in [9.17, 15) is 14.4 Å². The first kappa shape index (κ1) is 25.0. The highest BCUT2D eigenvalue weighted by Crippen LogP contribution is 2.45. The first-order valence-electron chi connectivity index (χ1n) is 11.0. The predicted molar refractivity (Wildman–Crippen MR) is 123 cm³/mol. The number of dihydropyridines is 1. The predicted octanol–water partition coefficient (Wildman–Crippen LogP) is 3.92. The van der Waals surface area contributed by atoms with E-state index in [-0.39, 0.29) is 31.0 Å². The molecule has 0 radical (unpaired) electrons. The van der Waals surface area contributed by atoms with Gasteiger partial charge in [-0.15, -0.1) is 0 Å². The van der Waals surface area contributed by atoms with Crippen LogP contribution < -0.4 is 5.32 Å². The number of carbonyl (C=O) groups excluding carboxylic acids is 3. The number of ketones is 1. The van der Waals surface area contributed by atoms with Crippen LogP contribution in [0.15, 0.2) is 46.8 Å². The van der Waals surface area contributed by atoms with Gasteiger partial charge in [-0.05, 0) is 50.8 Å². The fourth-order valence-corrected chi connectivity index (χ4v) is 4.56. The van der Waals surface area contributed by atoms with Crippen LogP contribution in [0.5, 0.6) is 0 Å². The van der Waals surface area contributed by atoms with Gasteiger partial charge in [-0.2, -0.15) is 0 Å². The Morgan fingerprint density at radius 2 is 1.85 bits per heavy atom. The lowest BCUT2D eigenvalue weighted by molar-refractivity contribution is -0.151. The summed E-state index contributed by atoms with van der Waals surface area (Å²) >= 11 is 6.09. The highest BCUT2D eigenvalue weighted by molar-refractivity contribution is 6.30. The van der Waals surface area contributed by atoms with E-state index in [0.717, 1.165) is 0 Å². The van der Waals surface area contributed by atoms with Crippen LogP contribution >= 0.6 is 11.6 Å². The van der Waals surface area contributed by atoms with Crippen LogP contribution in [0, 0.1) is 11.8 Å². The third-order valence-corrected chi connectivity index (χ3v) is 6.19. The third-order valence-electron chi connectivity index (χ3n) is 5.93. The van der Waals surface area contributed by atoms with E-state index in [0.29, 0.717) is 39.5 Å². The van der Waals surface area contributed by atoms with Gasteiger partial charge in [0, 0.05) is 27.9 Å². The van der Waals surface area contributed by atoms with Gasteiger partial charge < -0.3 is 19.5 Å². The number of rotatable bonds is 7. The molecule has 8 heteroatoms. The van der Waals surface area contributed by atoms with E-state index >= 15 is 0 Å². The van der Waals surface area contributed by atoms with E-state index in [1.165, 1.54) is 7.11 Å². The SMILES string of the molecule is COC(=O)C1C(=O)C2=C(CC1C)NC(C)=C(C(=O)OCCOC(C)C)C2c1ccc(Cl)cc1. The van der Waals surface area contributed by atoms with Crippen molar-refractivity contribution in [2.24, 2.45) is 11.8 Å². The van der Waals surface area contributed by atoms with Crippen molar-refractivity contribution in [2.45, 2.75) is 46.1 Å². The zero-order chi connectivity index (χ0) is 24.3. The van der Waals surface area contributed by atoms with Crippen molar-refractivity contribution in [1.29, 1.82) is 0 Å². The number of allylic oxidation sites excluding steroid dienone is 3. The minimum Gasteiger partial charge on any atom is -0.468 e. The number of carbonyl (C=O) groups is 3. The average molecular weight is 476 g/mol. The van der Waals surface area contributed by atoms with Crippen molar-refractivity contribution < 1.29 is 28.6 Å². The number of ether oxygens (including phenoxy) is 3. The maximum Gasteiger partial charge on any atom is 0.336 e. The summed E-state index contributed by atoms with van der Waals surface area (Å²) in [5.74, 6) is -3.32. The fourth-order valence-electron chi connectivity index (χ4n) is 4.44. The molecule has 0 amide bonds. The molecule has 0 spiro atoms. The smallest absolute Gasteiger partial charge is 0.336 e. The quantitative estimate of drug-likeness (QED) is 0.363. The highest BCUT2D eigenvalue weighted by Gasteiger charge is 2.47. The Morgan fingerprint density at radius 3 is 2.45 bits per heavy atom. The maximum atomic E-state index is 13.6. The molecule has 0 bridgehead atoms. The summed E-state index contributed by atoms with van der Waals surface area (Å²) in [4.78, 5) is 39.2. The summed E-state index contributed by atoms with van der Waals surface area (Å²) in [5.41, 5.74) is 2.75. The number of halogens is 1. The molecular weight excluding hydrogens is 446 g/mol. The Balaban J connectivity index is 2.02. The molecule has 0 aromatic heterocycles. The molecule has 1 N–H and O–H groups in total. The molecule has 33 heavy (non-hydrogen) atoms. The molecule has 2 aliphatic rings. The van der Waals surface area contributed by atoms with E-state index in [1.807, 2.05) is 20.8 Å². The van der Waals surface area contributed by atoms with Crippen molar-refractivity contribution in [2.75, 3.05) is 20.3 Å². The third kappa shape index (κ3) is 5.31. The second-order valence-corrected chi connectivity index (χ2v) is 9.08. The fraction of sp³-hybridized carbons (Fsp3) is 0.480. The van der Waals surface area contributed by atoms with E-state index < -0.39 is 23.8 Å². The Labute approximate surface area is 199 Å². The van der Waals surface area contributed by atoms with Gasteiger partial charge in [0.1, 0.15) is 12.5 Å². The Kier molecular flexibility index (Phi) is 7.97. The lowest BCUT2D eigenvalue weighted by Crippen LogP contribution is -2.43. The van der Waals surface area contributed by atoms with Gasteiger partial charge in [-0.1, -0.05) is 30.7 Å². The Bertz CT molecular complexity index is 995. The summed E-state index contributed by atoms with van der Waals surface area (Å²) in [5, 5.41) is 3.77. The topological polar surface area (TPSA) is 90.9 Å². The van der Waals surface area contributed by atoms with Crippen molar-refractivity contribution in [3.63, 3.8) is 0 Å². The first-order chi connectivity index (χ1) is 15.6. The summed E-state index contributed by atoms with van der Waals surface area (Å²) in [6.45, 7) is 7.79. The molecule has 0 saturated heterocycles. The van der Waals surface area contributed by atoms with Gasteiger partial charge in [-0.3, -0.25) is 9.59 Å². The van der Waals surface area contributed by atoms with Crippen LogP contribution in [-0.4, -0.2) is 44.1 Å². The minimum atomic E-state index is -0.930. The van der Waals surface area contributed by atoms with Crippen molar-refractivity contribution >= 4 is 29.3 Å². The number of benzene rings is 1. The standard InChI is InChI=1S/C25H30ClNO6/c1-13(2)32-10-11-33-25(30)20-15(4)27-18-12-14(3)19(24(29)31-5)23(28)22(18)21(20)16-6-8-17(26)9-7-16/h6-9,13-14,19,21,27H,10-12H2,1-5H3. The zero-order valence-electron chi connectivity index (χ0n) is 19.6. The van der Waals surface area contributed by atoms with E-state index in [2.05, 4.69) is 5.32 Å². The number of methoxy groups -OCH3 is 1. The first-order valence-corrected chi connectivity index (χ1v) is 11.4. The van der Waals surface area contributed by atoms with Gasteiger partial charge >= 0.3 is 11.9 Å². The second-order valence-electron chi connectivity index (χ2n) is 8.64. The number of Topliss-reactive ketones (excluding diaryl/α,β-unsaturated/α-hetero) is 1. The highest BCUT2D eigenvalue weighted by atomic mass is 35.5. The van der Waals surface area contributed by atoms with Crippen LogP contribution in [0.2, 0.25) is 5.02 Å². The Morgan fingerprint density at radius 1 is 1.18 bits per heavy atom. The summed E-state index contributed by atoms with van der Waals surface area (Å²) < 4.78 is 15.9. The molecule has 1 aromatic carbocycles. The molecule has 7 nitrogen and oxygen atoms in total. The van der Waals surface area contributed by atoms with Crippen molar-refractivity contribution in [3.8, 4) is 0 Å². The molecule has 1 aliphatic carbocycles. The lowest BCUT2D eigenvalue weighted by atomic mass is 9.69. The van der Waals surface area contributed by atoms with Gasteiger partial charge in [-0.25, -0.2) is 4.79 Å². The monoisotopic (exact) mass is 475 g/mol. The normalized spacial score (nSPS) is 22.8. The van der Waals surface area contributed by atoms with E-state index in [4.69, 9.17) is 25.8 Å². The summed E-state index contributed by atoms with van der Waals surface area (Å²) in [6.07, 6.45) is 0.500. The van der Waals surface area contributed by atoms with Crippen LogP contribution in [0.25, 0.3) is 0 Å². The molecule has 178 valence electrons. The van der Waals surface area contributed by atoms with Crippen LogP contribution in [0.1, 0.15) is 45.6 Å². The Hall–Kier alpha value is -2.64. The molecule has 1 heterocycles. The van der Waals surface area contributed by atoms with Crippen molar-refractivity contribution in [1.82, 2.24) is 5.32 Å². The molecule has 3 rings (SSSR count). The van der Waals surface area contributed by atoms with Crippen LogP contribution in [0.3, 0.4) is 0 Å². The largest absolute Gasteiger partial charge is 0.468 e. The number of hydrogen-bond donors (Lipinski definition) is 1.